The molecule has 0 aliphatic rings. The van der Waals surface area contributed by atoms with E-state index in [9.17, 15) is 4.39 Å². The van der Waals surface area contributed by atoms with Gasteiger partial charge in [-0.15, -0.1) is 10.2 Å². The SMILES string of the molecule is CC(C)Nc1nc2cc(-c3nn[nH]n3)ccc2nc1Cc1cc2cc(F)ccc2o1. The molecule has 9 heteroatoms. The Balaban J connectivity index is 1.57. The van der Waals surface area contributed by atoms with Crippen LogP contribution in [-0.4, -0.2) is 36.6 Å². The Kier molecular flexibility index (Phi) is 4.35. The van der Waals surface area contributed by atoms with Crippen molar-refractivity contribution in [3.8, 4) is 11.4 Å². The van der Waals surface area contributed by atoms with Crippen LogP contribution < -0.4 is 5.32 Å². The second kappa shape index (κ2) is 7.18. The Morgan fingerprint density at radius 3 is 2.77 bits per heavy atom. The summed E-state index contributed by atoms with van der Waals surface area (Å²) in [5.41, 5.74) is 3.66. The Hall–Kier alpha value is -3.88. The highest BCUT2D eigenvalue weighted by molar-refractivity contribution is 5.82. The minimum atomic E-state index is -0.292. The summed E-state index contributed by atoms with van der Waals surface area (Å²) >= 11 is 0. The number of anilines is 1. The Bertz CT molecular complexity index is 1340. The molecule has 30 heavy (non-hydrogen) atoms. The summed E-state index contributed by atoms with van der Waals surface area (Å²) in [6, 6.07) is 12.1. The molecule has 0 radical (unpaired) electrons. The lowest BCUT2D eigenvalue weighted by molar-refractivity contribution is 0.559. The van der Waals surface area contributed by atoms with E-state index in [0.717, 1.165) is 27.7 Å². The Morgan fingerprint density at radius 1 is 1.07 bits per heavy atom. The van der Waals surface area contributed by atoms with Crippen molar-refractivity contribution in [2.75, 3.05) is 5.32 Å². The molecule has 3 aromatic heterocycles. The van der Waals surface area contributed by atoms with Crippen molar-refractivity contribution in [2.45, 2.75) is 26.3 Å². The average molecular weight is 403 g/mol. The highest BCUT2D eigenvalue weighted by atomic mass is 19.1. The normalized spacial score (nSPS) is 11.6. The molecule has 0 amide bonds. The fourth-order valence-corrected chi connectivity index (χ4v) is 3.35. The van der Waals surface area contributed by atoms with Crippen LogP contribution in [0.3, 0.4) is 0 Å². The molecule has 150 valence electrons. The molecule has 8 nitrogen and oxygen atoms in total. The van der Waals surface area contributed by atoms with Crippen LogP contribution in [0.5, 0.6) is 0 Å². The van der Waals surface area contributed by atoms with E-state index in [1.807, 2.05) is 38.1 Å². The predicted molar refractivity (Wildman–Crippen MR) is 110 cm³/mol. The van der Waals surface area contributed by atoms with Gasteiger partial charge in [0, 0.05) is 17.0 Å². The van der Waals surface area contributed by atoms with Gasteiger partial charge in [0.05, 0.1) is 23.1 Å². The van der Waals surface area contributed by atoms with E-state index in [1.54, 1.807) is 6.07 Å². The number of nitrogens with one attached hydrogen (secondary N) is 2. The first-order chi connectivity index (χ1) is 14.5. The van der Waals surface area contributed by atoms with Gasteiger partial charge in [-0.2, -0.15) is 5.21 Å². The van der Waals surface area contributed by atoms with E-state index in [4.69, 9.17) is 14.4 Å². The van der Waals surface area contributed by atoms with E-state index >= 15 is 0 Å². The van der Waals surface area contributed by atoms with Gasteiger partial charge in [0.15, 0.2) is 0 Å². The number of hydrogen-bond acceptors (Lipinski definition) is 7. The third kappa shape index (κ3) is 3.45. The van der Waals surface area contributed by atoms with Gasteiger partial charge < -0.3 is 9.73 Å². The van der Waals surface area contributed by atoms with Crippen LogP contribution in [0, 0.1) is 5.82 Å². The van der Waals surface area contributed by atoms with Gasteiger partial charge in [-0.05, 0) is 61.5 Å². The average Bonchev–Trinajstić information content (AvgIpc) is 3.37. The zero-order valence-corrected chi connectivity index (χ0v) is 16.3. The van der Waals surface area contributed by atoms with Crippen LogP contribution in [0.2, 0.25) is 0 Å². The molecule has 2 N–H and O–H groups in total. The van der Waals surface area contributed by atoms with Crippen molar-refractivity contribution in [3.63, 3.8) is 0 Å². The summed E-state index contributed by atoms with van der Waals surface area (Å²) in [7, 11) is 0. The van der Waals surface area contributed by atoms with Gasteiger partial charge in [0.25, 0.3) is 0 Å². The first kappa shape index (κ1) is 18.2. The quantitative estimate of drug-likeness (QED) is 0.455. The zero-order chi connectivity index (χ0) is 20.7. The van der Waals surface area contributed by atoms with Crippen molar-refractivity contribution < 1.29 is 8.81 Å². The van der Waals surface area contributed by atoms with E-state index in [2.05, 4.69) is 25.9 Å². The van der Waals surface area contributed by atoms with Gasteiger partial charge in [0.1, 0.15) is 23.0 Å². The predicted octanol–water partition coefficient (Wildman–Crippen LogP) is 4.11. The molecule has 0 saturated carbocycles. The van der Waals surface area contributed by atoms with Gasteiger partial charge >= 0.3 is 0 Å². The summed E-state index contributed by atoms with van der Waals surface area (Å²) in [6.45, 7) is 4.07. The first-order valence-electron chi connectivity index (χ1n) is 9.54. The van der Waals surface area contributed by atoms with E-state index in [-0.39, 0.29) is 11.9 Å². The molecule has 0 aliphatic carbocycles. The number of fused-ring (bicyclic) bond motifs is 2. The molecule has 3 heterocycles. The molecule has 0 bridgehead atoms. The molecule has 2 aromatic carbocycles. The van der Waals surface area contributed by atoms with Crippen molar-refractivity contribution in [3.05, 3.63) is 59.7 Å². The van der Waals surface area contributed by atoms with Gasteiger partial charge in [0.2, 0.25) is 5.82 Å². The number of nitrogens with zero attached hydrogens (tertiary/aromatic N) is 5. The standard InChI is InChI=1S/C21H18FN7O/c1-11(2)23-21-18(10-15-8-13-7-14(22)4-6-19(13)30-15)24-16-5-3-12(9-17(16)25-21)20-26-28-29-27-20/h3-9,11H,10H2,1-2H3,(H,23,25)(H,26,27,28,29). The minimum absolute atomic E-state index is 0.167. The van der Waals surface area contributed by atoms with Crippen molar-refractivity contribution in [2.24, 2.45) is 0 Å². The summed E-state index contributed by atoms with van der Waals surface area (Å²) < 4.78 is 19.4. The number of H-pyrrole nitrogens is 1. The van der Waals surface area contributed by atoms with Crippen LogP contribution in [0.4, 0.5) is 10.2 Å². The maximum absolute atomic E-state index is 13.5. The van der Waals surface area contributed by atoms with Gasteiger partial charge in [-0.1, -0.05) is 0 Å². The number of rotatable bonds is 5. The largest absolute Gasteiger partial charge is 0.461 e. The third-order valence-corrected chi connectivity index (χ3v) is 4.64. The highest BCUT2D eigenvalue weighted by Crippen LogP contribution is 2.27. The van der Waals surface area contributed by atoms with E-state index < -0.39 is 0 Å². The molecule has 0 atom stereocenters. The molecule has 0 aliphatic heterocycles. The summed E-state index contributed by atoms with van der Waals surface area (Å²) in [5.74, 6) is 1.57. The van der Waals surface area contributed by atoms with Crippen LogP contribution in [0.1, 0.15) is 25.3 Å². The summed E-state index contributed by atoms with van der Waals surface area (Å²) in [4.78, 5) is 9.60. The summed E-state index contributed by atoms with van der Waals surface area (Å²) in [5, 5.41) is 18.2. The number of halogens is 1. The maximum atomic E-state index is 13.5. The fraction of sp³-hybridized carbons (Fsp3) is 0.190. The third-order valence-electron chi connectivity index (χ3n) is 4.64. The lowest BCUT2D eigenvalue weighted by atomic mass is 10.1. The smallest absolute Gasteiger partial charge is 0.204 e. The van der Waals surface area contributed by atoms with Crippen LogP contribution in [0.25, 0.3) is 33.4 Å². The van der Waals surface area contributed by atoms with Gasteiger partial charge in [-0.25, -0.2) is 14.4 Å². The van der Waals surface area contributed by atoms with E-state index in [1.165, 1.54) is 12.1 Å². The molecular formula is C21H18FN7O. The molecule has 0 spiro atoms. The van der Waals surface area contributed by atoms with Crippen LogP contribution in [-0.2, 0) is 6.42 Å². The zero-order valence-electron chi connectivity index (χ0n) is 16.3. The maximum Gasteiger partial charge on any atom is 0.204 e. The minimum Gasteiger partial charge on any atom is -0.461 e. The first-order valence-corrected chi connectivity index (χ1v) is 9.54. The Labute approximate surface area is 170 Å². The van der Waals surface area contributed by atoms with E-state index in [0.29, 0.717) is 29.4 Å². The molecule has 0 saturated heterocycles. The van der Waals surface area contributed by atoms with Crippen LogP contribution in [0.15, 0.2) is 46.9 Å². The molecular weight excluding hydrogens is 385 g/mol. The number of furan rings is 1. The lowest BCUT2D eigenvalue weighted by Gasteiger charge is -2.14. The molecule has 5 aromatic rings. The number of aromatic amines is 1. The molecule has 0 unspecified atom stereocenters. The second-order valence-electron chi connectivity index (χ2n) is 7.33. The van der Waals surface area contributed by atoms with Gasteiger partial charge in [-0.3, -0.25) is 0 Å². The number of hydrogen-bond donors (Lipinski definition) is 2. The number of aromatic nitrogens is 6. The Morgan fingerprint density at radius 2 is 1.97 bits per heavy atom. The molecule has 5 rings (SSSR count). The van der Waals surface area contributed by atoms with Crippen molar-refractivity contribution in [1.82, 2.24) is 30.6 Å². The van der Waals surface area contributed by atoms with Crippen molar-refractivity contribution >= 4 is 27.8 Å². The number of tetrazole rings is 1. The fourth-order valence-electron chi connectivity index (χ4n) is 3.35. The lowest BCUT2D eigenvalue weighted by Crippen LogP contribution is -2.14. The second-order valence-corrected chi connectivity index (χ2v) is 7.33. The van der Waals surface area contributed by atoms with Crippen molar-refractivity contribution in [1.29, 1.82) is 0 Å². The monoisotopic (exact) mass is 403 g/mol. The summed E-state index contributed by atoms with van der Waals surface area (Å²) in [6.07, 6.45) is 0.431. The molecule has 0 fully saturated rings. The number of benzene rings is 2. The highest BCUT2D eigenvalue weighted by Gasteiger charge is 2.15. The van der Waals surface area contributed by atoms with Crippen LogP contribution >= 0.6 is 0 Å². The topological polar surface area (TPSA) is 105 Å².